The van der Waals surface area contributed by atoms with Crippen LogP contribution >= 0.6 is 0 Å². The van der Waals surface area contributed by atoms with E-state index in [9.17, 15) is 4.79 Å². The number of carboxylic acid groups (broad SMARTS) is 1. The first-order valence-electron chi connectivity index (χ1n) is 6.70. The molecule has 0 spiro atoms. The molecule has 4 nitrogen and oxygen atoms in total. The molecule has 0 radical (unpaired) electrons. The number of rotatable bonds is 3. The van der Waals surface area contributed by atoms with Gasteiger partial charge in [-0.1, -0.05) is 44.2 Å². The number of likely N-dealkylation sites (tertiary alicyclic amines) is 1. The molecule has 1 aromatic carbocycles. The van der Waals surface area contributed by atoms with Crippen molar-refractivity contribution in [3.63, 3.8) is 0 Å². The third kappa shape index (κ3) is 4.24. The maximum atomic E-state index is 10.8. The molecule has 1 aliphatic heterocycles. The van der Waals surface area contributed by atoms with E-state index in [1.54, 1.807) is 0 Å². The molecule has 1 aromatic rings. The molecule has 1 aliphatic rings. The normalized spacial score (nSPS) is 22.9. The average molecular weight is 262 g/mol. The Morgan fingerprint density at radius 3 is 2.74 bits per heavy atom. The lowest BCUT2D eigenvalue weighted by Crippen LogP contribution is -2.52. The van der Waals surface area contributed by atoms with Crippen LogP contribution in [0, 0.1) is 5.41 Å². The van der Waals surface area contributed by atoms with Crippen molar-refractivity contribution in [3.05, 3.63) is 35.9 Å². The summed E-state index contributed by atoms with van der Waals surface area (Å²) in [6.07, 6.45) is -0.0349. The van der Waals surface area contributed by atoms with Crippen molar-refractivity contribution >= 4 is 6.09 Å². The summed E-state index contributed by atoms with van der Waals surface area (Å²) in [6.45, 7) is 7.05. The lowest BCUT2D eigenvalue weighted by Gasteiger charge is -2.42. The highest BCUT2D eigenvalue weighted by molar-refractivity contribution is 5.64. The fourth-order valence-corrected chi connectivity index (χ4v) is 3.01. The zero-order chi connectivity index (χ0) is 13.9. The lowest BCUT2D eigenvalue weighted by atomic mass is 9.81. The highest BCUT2D eigenvalue weighted by Gasteiger charge is 2.33. The highest BCUT2D eigenvalue weighted by atomic mass is 16.4. The molecule has 1 atom stereocenters. The molecule has 1 saturated heterocycles. The second kappa shape index (κ2) is 5.61. The van der Waals surface area contributed by atoms with Gasteiger partial charge in [0, 0.05) is 25.7 Å². The van der Waals surface area contributed by atoms with Gasteiger partial charge in [-0.2, -0.15) is 0 Å². The van der Waals surface area contributed by atoms with Crippen molar-refractivity contribution in [1.82, 2.24) is 10.2 Å². The van der Waals surface area contributed by atoms with E-state index in [1.165, 1.54) is 5.56 Å². The Morgan fingerprint density at radius 1 is 1.42 bits per heavy atom. The largest absolute Gasteiger partial charge is 0.465 e. The molecule has 0 aromatic heterocycles. The van der Waals surface area contributed by atoms with Gasteiger partial charge in [0.15, 0.2) is 0 Å². The standard InChI is InChI=1S/C15H22N2O2/c1-15(2)8-13(16-14(18)19)10-17(11-15)9-12-6-4-3-5-7-12/h3-7,13,16H,8-11H2,1-2H3,(H,18,19)/t13-/m1/s1. The van der Waals surface area contributed by atoms with Crippen molar-refractivity contribution in [3.8, 4) is 0 Å². The van der Waals surface area contributed by atoms with Crippen LogP contribution < -0.4 is 5.32 Å². The Balaban J connectivity index is 2.01. The van der Waals surface area contributed by atoms with Crippen molar-refractivity contribution < 1.29 is 9.90 Å². The minimum atomic E-state index is -0.928. The number of amides is 1. The first-order chi connectivity index (χ1) is 8.94. The van der Waals surface area contributed by atoms with E-state index < -0.39 is 6.09 Å². The number of carbonyl (C=O) groups is 1. The molecule has 0 unspecified atom stereocenters. The molecule has 19 heavy (non-hydrogen) atoms. The second-order valence-electron chi connectivity index (χ2n) is 6.17. The molecule has 104 valence electrons. The van der Waals surface area contributed by atoms with Gasteiger partial charge in [0.05, 0.1) is 0 Å². The Labute approximate surface area is 114 Å². The molecular weight excluding hydrogens is 240 g/mol. The molecule has 2 rings (SSSR count). The van der Waals surface area contributed by atoms with E-state index in [1.807, 2.05) is 18.2 Å². The molecule has 1 fully saturated rings. The topological polar surface area (TPSA) is 52.6 Å². The van der Waals surface area contributed by atoms with Crippen LogP contribution in [0.15, 0.2) is 30.3 Å². The van der Waals surface area contributed by atoms with E-state index in [4.69, 9.17) is 5.11 Å². The summed E-state index contributed by atoms with van der Waals surface area (Å²) in [6, 6.07) is 10.3. The summed E-state index contributed by atoms with van der Waals surface area (Å²) in [5.41, 5.74) is 1.41. The number of piperidine rings is 1. The van der Waals surface area contributed by atoms with E-state index >= 15 is 0 Å². The Hall–Kier alpha value is -1.55. The van der Waals surface area contributed by atoms with Gasteiger partial charge >= 0.3 is 6.09 Å². The van der Waals surface area contributed by atoms with Gasteiger partial charge in [0.25, 0.3) is 0 Å². The number of hydrogen-bond donors (Lipinski definition) is 2. The second-order valence-corrected chi connectivity index (χ2v) is 6.17. The van der Waals surface area contributed by atoms with E-state index in [0.29, 0.717) is 0 Å². The Morgan fingerprint density at radius 2 is 2.11 bits per heavy atom. The molecule has 0 bridgehead atoms. The minimum Gasteiger partial charge on any atom is -0.465 e. The third-order valence-electron chi connectivity index (χ3n) is 3.51. The molecule has 1 amide bonds. The van der Waals surface area contributed by atoms with Crippen LogP contribution in [-0.2, 0) is 6.54 Å². The Bertz CT molecular complexity index is 431. The van der Waals surface area contributed by atoms with Gasteiger partial charge in [0.1, 0.15) is 0 Å². The van der Waals surface area contributed by atoms with Crippen molar-refractivity contribution in [2.24, 2.45) is 5.41 Å². The van der Waals surface area contributed by atoms with Gasteiger partial charge in [-0.3, -0.25) is 4.90 Å². The maximum Gasteiger partial charge on any atom is 0.404 e. The molecular formula is C15H22N2O2. The maximum absolute atomic E-state index is 10.8. The van der Waals surface area contributed by atoms with E-state index in [-0.39, 0.29) is 11.5 Å². The summed E-state index contributed by atoms with van der Waals surface area (Å²) in [5.74, 6) is 0. The lowest BCUT2D eigenvalue weighted by molar-refractivity contribution is 0.0820. The van der Waals surface area contributed by atoms with Crippen LogP contribution in [0.1, 0.15) is 25.8 Å². The zero-order valence-electron chi connectivity index (χ0n) is 11.6. The van der Waals surface area contributed by atoms with Gasteiger partial charge in [-0.15, -0.1) is 0 Å². The van der Waals surface area contributed by atoms with Crippen LogP contribution in [0.5, 0.6) is 0 Å². The van der Waals surface area contributed by atoms with Crippen LogP contribution in [0.3, 0.4) is 0 Å². The van der Waals surface area contributed by atoms with E-state index in [2.05, 4.69) is 36.2 Å². The van der Waals surface area contributed by atoms with Crippen LogP contribution in [0.2, 0.25) is 0 Å². The SMILES string of the molecule is CC1(C)C[C@@H](NC(=O)O)CN(Cc2ccccc2)C1. The van der Waals surface area contributed by atoms with Crippen molar-refractivity contribution in [1.29, 1.82) is 0 Å². The predicted molar refractivity (Wildman–Crippen MR) is 75.1 cm³/mol. The number of nitrogens with zero attached hydrogens (tertiary/aromatic N) is 1. The molecule has 2 N–H and O–H groups in total. The quantitative estimate of drug-likeness (QED) is 0.880. The van der Waals surface area contributed by atoms with E-state index in [0.717, 1.165) is 26.1 Å². The summed E-state index contributed by atoms with van der Waals surface area (Å²) >= 11 is 0. The van der Waals surface area contributed by atoms with Gasteiger partial charge in [0.2, 0.25) is 0 Å². The Kier molecular flexibility index (Phi) is 4.10. The average Bonchev–Trinajstić information content (AvgIpc) is 2.26. The number of benzene rings is 1. The fourth-order valence-electron chi connectivity index (χ4n) is 3.01. The summed E-state index contributed by atoms with van der Waals surface area (Å²) in [4.78, 5) is 13.1. The van der Waals surface area contributed by atoms with Gasteiger partial charge in [-0.05, 0) is 17.4 Å². The summed E-state index contributed by atoms with van der Waals surface area (Å²) < 4.78 is 0. The monoisotopic (exact) mass is 262 g/mol. The van der Waals surface area contributed by atoms with Crippen molar-refractivity contribution in [2.45, 2.75) is 32.9 Å². The first-order valence-corrected chi connectivity index (χ1v) is 6.70. The summed E-state index contributed by atoms with van der Waals surface area (Å²) in [7, 11) is 0. The zero-order valence-corrected chi connectivity index (χ0v) is 11.6. The minimum absolute atomic E-state index is 0.0185. The molecule has 1 heterocycles. The molecule has 4 heteroatoms. The first kappa shape index (κ1) is 13.9. The van der Waals surface area contributed by atoms with Gasteiger partial charge < -0.3 is 10.4 Å². The number of nitrogens with one attached hydrogen (secondary N) is 1. The van der Waals surface area contributed by atoms with Crippen LogP contribution in [0.4, 0.5) is 4.79 Å². The summed E-state index contributed by atoms with van der Waals surface area (Å²) in [5, 5.41) is 11.5. The predicted octanol–water partition coefficient (Wildman–Crippen LogP) is 2.55. The fraction of sp³-hybridized carbons (Fsp3) is 0.533. The molecule has 0 saturated carbocycles. The highest BCUT2D eigenvalue weighted by Crippen LogP contribution is 2.29. The van der Waals surface area contributed by atoms with Crippen LogP contribution in [0.25, 0.3) is 0 Å². The van der Waals surface area contributed by atoms with Gasteiger partial charge in [-0.25, -0.2) is 4.79 Å². The van der Waals surface area contributed by atoms with Crippen LogP contribution in [-0.4, -0.2) is 35.2 Å². The third-order valence-corrected chi connectivity index (χ3v) is 3.51. The smallest absolute Gasteiger partial charge is 0.404 e. The number of hydrogen-bond acceptors (Lipinski definition) is 2. The van der Waals surface area contributed by atoms with Crippen molar-refractivity contribution in [2.75, 3.05) is 13.1 Å². The molecule has 0 aliphatic carbocycles.